The number of anilines is 1. The Morgan fingerprint density at radius 1 is 1.41 bits per heavy atom. The van der Waals surface area contributed by atoms with Crippen LogP contribution < -0.4 is 5.32 Å². The summed E-state index contributed by atoms with van der Waals surface area (Å²) in [6, 6.07) is 5.00. The smallest absolute Gasteiger partial charge is 0.125 e. The minimum atomic E-state index is -0.194. The number of hydrogen-bond donors (Lipinski definition) is 1. The third kappa shape index (κ3) is 3.43. The summed E-state index contributed by atoms with van der Waals surface area (Å²) in [7, 11) is 0. The van der Waals surface area contributed by atoms with Gasteiger partial charge >= 0.3 is 0 Å². The largest absolute Gasteiger partial charge is 0.382 e. The van der Waals surface area contributed by atoms with Gasteiger partial charge in [0, 0.05) is 12.2 Å². The van der Waals surface area contributed by atoms with E-state index in [-0.39, 0.29) is 17.5 Å². The highest BCUT2D eigenvalue weighted by Gasteiger charge is 2.31. The Labute approximate surface area is 102 Å². The first-order valence-electron chi connectivity index (χ1n) is 6.13. The molecule has 1 aliphatic rings. The fourth-order valence-electron chi connectivity index (χ4n) is 2.29. The van der Waals surface area contributed by atoms with Crippen molar-refractivity contribution < 1.29 is 9.13 Å². The van der Waals surface area contributed by atoms with Gasteiger partial charge in [-0.25, -0.2) is 4.39 Å². The molecule has 0 amide bonds. The molecule has 0 aliphatic carbocycles. The molecule has 1 fully saturated rings. The van der Waals surface area contributed by atoms with Gasteiger partial charge in [-0.05, 0) is 57.4 Å². The third-order valence-electron chi connectivity index (χ3n) is 3.13. The van der Waals surface area contributed by atoms with Gasteiger partial charge in [-0.1, -0.05) is 0 Å². The van der Waals surface area contributed by atoms with E-state index in [2.05, 4.69) is 19.2 Å². The molecule has 17 heavy (non-hydrogen) atoms. The topological polar surface area (TPSA) is 21.3 Å². The highest BCUT2D eigenvalue weighted by molar-refractivity contribution is 5.46. The van der Waals surface area contributed by atoms with Gasteiger partial charge in [0.1, 0.15) is 5.82 Å². The van der Waals surface area contributed by atoms with Gasteiger partial charge in [0.15, 0.2) is 0 Å². The average molecular weight is 237 g/mol. The minimum absolute atomic E-state index is 0.00972. The molecule has 0 spiro atoms. The number of benzene rings is 1. The maximum absolute atomic E-state index is 13.2. The van der Waals surface area contributed by atoms with Gasteiger partial charge in [0.25, 0.3) is 0 Å². The standard InChI is InChI=1S/C14H20FNO/c1-10-6-11(15)8-12(7-10)16-9-13-4-5-14(2,3)17-13/h6-8,13,16H,4-5,9H2,1-3H3. The minimum Gasteiger partial charge on any atom is -0.382 e. The van der Waals surface area contributed by atoms with Crippen molar-refractivity contribution in [2.24, 2.45) is 0 Å². The van der Waals surface area contributed by atoms with E-state index < -0.39 is 0 Å². The van der Waals surface area contributed by atoms with E-state index in [1.165, 1.54) is 12.1 Å². The zero-order valence-electron chi connectivity index (χ0n) is 10.7. The molecule has 1 saturated heterocycles. The van der Waals surface area contributed by atoms with Crippen LogP contribution in [0.15, 0.2) is 18.2 Å². The van der Waals surface area contributed by atoms with Crippen molar-refractivity contribution in [3.8, 4) is 0 Å². The van der Waals surface area contributed by atoms with Crippen LogP contribution >= 0.6 is 0 Å². The van der Waals surface area contributed by atoms with E-state index >= 15 is 0 Å². The highest BCUT2D eigenvalue weighted by atomic mass is 19.1. The maximum atomic E-state index is 13.2. The number of hydrogen-bond acceptors (Lipinski definition) is 2. The van der Waals surface area contributed by atoms with E-state index in [1.807, 2.05) is 13.0 Å². The molecule has 0 radical (unpaired) electrons. The molecule has 1 N–H and O–H groups in total. The Bertz CT molecular complexity index is 383. The van der Waals surface area contributed by atoms with Crippen LogP contribution in [0.5, 0.6) is 0 Å². The Hall–Kier alpha value is -1.09. The summed E-state index contributed by atoms with van der Waals surface area (Å²) in [6.45, 7) is 6.86. The first-order valence-corrected chi connectivity index (χ1v) is 6.13. The van der Waals surface area contributed by atoms with Gasteiger partial charge in [-0.15, -0.1) is 0 Å². The summed E-state index contributed by atoms with van der Waals surface area (Å²) in [4.78, 5) is 0. The van der Waals surface area contributed by atoms with Crippen molar-refractivity contribution in [3.63, 3.8) is 0 Å². The molecule has 0 saturated carbocycles. The van der Waals surface area contributed by atoms with Gasteiger partial charge in [-0.2, -0.15) is 0 Å². The predicted octanol–water partition coefficient (Wildman–Crippen LogP) is 3.50. The van der Waals surface area contributed by atoms with E-state index in [0.717, 1.165) is 30.6 Å². The predicted molar refractivity (Wildman–Crippen MR) is 67.8 cm³/mol. The number of halogens is 1. The molecular formula is C14H20FNO. The highest BCUT2D eigenvalue weighted by Crippen LogP contribution is 2.29. The van der Waals surface area contributed by atoms with Gasteiger partial charge in [0.2, 0.25) is 0 Å². The van der Waals surface area contributed by atoms with E-state index in [4.69, 9.17) is 4.74 Å². The molecular weight excluding hydrogens is 217 g/mol. The Balaban J connectivity index is 1.90. The van der Waals surface area contributed by atoms with Crippen LogP contribution in [0, 0.1) is 12.7 Å². The van der Waals surface area contributed by atoms with Crippen molar-refractivity contribution in [1.29, 1.82) is 0 Å². The molecule has 0 aromatic heterocycles. The molecule has 1 heterocycles. The SMILES string of the molecule is Cc1cc(F)cc(NCC2CCC(C)(C)O2)c1. The summed E-state index contributed by atoms with van der Waals surface area (Å²) in [5.41, 5.74) is 1.75. The number of ether oxygens (including phenoxy) is 1. The lowest BCUT2D eigenvalue weighted by molar-refractivity contribution is -0.00911. The first-order chi connectivity index (χ1) is 7.94. The fourth-order valence-corrected chi connectivity index (χ4v) is 2.29. The van der Waals surface area contributed by atoms with Crippen LogP contribution in [0.25, 0.3) is 0 Å². The second-order valence-electron chi connectivity index (χ2n) is 5.44. The first kappa shape index (κ1) is 12.4. The molecule has 1 atom stereocenters. The molecule has 2 rings (SSSR count). The summed E-state index contributed by atoms with van der Waals surface area (Å²) in [6.07, 6.45) is 2.38. The second kappa shape index (κ2) is 4.65. The zero-order valence-corrected chi connectivity index (χ0v) is 10.7. The summed E-state index contributed by atoms with van der Waals surface area (Å²) < 4.78 is 19.1. The molecule has 1 aliphatic heterocycles. The monoisotopic (exact) mass is 237 g/mol. The van der Waals surface area contributed by atoms with Crippen molar-refractivity contribution >= 4 is 5.69 Å². The van der Waals surface area contributed by atoms with Crippen LogP contribution in [0.1, 0.15) is 32.3 Å². The lowest BCUT2D eigenvalue weighted by Gasteiger charge is -2.19. The van der Waals surface area contributed by atoms with E-state index in [0.29, 0.717) is 0 Å². The quantitative estimate of drug-likeness (QED) is 0.868. The molecule has 1 unspecified atom stereocenters. The molecule has 1 aromatic carbocycles. The Kier molecular flexibility index (Phi) is 3.38. The summed E-state index contributed by atoms with van der Waals surface area (Å²) in [5.74, 6) is -0.194. The lowest BCUT2D eigenvalue weighted by Crippen LogP contribution is -2.24. The molecule has 94 valence electrons. The van der Waals surface area contributed by atoms with Crippen molar-refractivity contribution in [2.45, 2.75) is 45.3 Å². The van der Waals surface area contributed by atoms with Crippen LogP contribution in [0.4, 0.5) is 10.1 Å². The van der Waals surface area contributed by atoms with Crippen molar-refractivity contribution in [1.82, 2.24) is 0 Å². The molecule has 3 heteroatoms. The van der Waals surface area contributed by atoms with Crippen LogP contribution in [0.2, 0.25) is 0 Å². The Morgan fingerprint density at radius 2 is 2.18 bits per heavy atom. The number of rotatable bonds is 3. The molecule has 2 nitrogen and oxygen atoms in total. The lowest BCUT2D eigenvalue weighted by atomic mass is 10.1. The summed E-state index contributed by atoms with van der Waals surface area (Å²) in [5, 5.41) is 3.24. The maximum Gasteiger partial charge on any atom is 0.125 e. The Morgan fingerprint density at radius 3 is 2.76 bits per heavy atom. The van der Waals surface area contributed by atoms with E-state index in [1.54, 1.807) is 0 Å². The number of aryl methyl sites for hydroxylation is 1. The van der Waals surface area contributed by atoms with Gasteiger partial charge in [-0.3, -0.25) is 0 Å². The van der Waals surface area contributed by atoms with Crippen LogP contribution in [-0.2, 0) is 4.74 Å². The van der Waals surface area contributed by atoms with Crippen molar-refractivity contribution in [3.05, 3.63) is 29.6 Å². The van der Waals surface area contributed by atoms with Gasteiger partial charge in [0.05, 0.1) is 11.7 Å². The van der Waals surface area contributed by atoms with E-state index in [9.17, 15) is 4.39 Å². The molecule has 1 aromatic rings. The van der Waals surface area contributed by atoms with Gasteiger partial charge < -0.3 is 10.1 Å². The normalized spacial score (nSPS) is 22.7. The zero-order chi connectivity index (χ0) is 12.5. The van der Waals surface area contributed by atoms with Crippen LogP contribution in [0.3, 0.4) is 0 Å². The number of nitrogens with one attached hydrogen (secondary N) is 1. The van der Waals surface area contributed by atoms with Crippen molar-refractivity contribution in [2.75, 3.05) is 11.9 Å². The fraction of sp³-hybridized carbons (Fsp3) is 0.571. The second-order valence-corrected chi connectivity index (χ2v) is 5.44. The summed E-state index contributed by atoms with van der Waals surface area (Å²) >= 11 is 0. The average Bonchev–Trinajstić information content (AvgIpc) is 2.54. The third-order valence-corrected chi connectivity index (χ3v) is 3.13. The molecule has 0 bridgehead atoms. The van der Waals surface area contributed by atoms with Crippen LogP contribution in [-0.4, -0.2) is 18.2 Å².